The Hall–Kier alpha value is -1.77. The number of allylic oxidation sites excluding steroid dienone is 3. The zero-order valence-corrected chi connectivity index (χ0v) is 16.8. The quantitative estimate of drug-likeness (QED) is 0.151. The van der Waals surface area contributed by atoms with E-state index in [0.717, 1.165) is 17.6 Å². The standard InChI is InChI=1S/C19H33NO7/c1-15(2)7-8-16(6-5-11-21)12-18(27-14-25-3)10-9-17(13-20(23)24)19(22)26-4/h7-8,17-18,21H,5-6,9-14H2,1-4H3/b16-8+/t17?,18-/m0/s1. The average Bonchev–Trinajstić information content (AvgIpc) is 2.63. The summed E-state index contributed by atoms with van der Waals surface area (Å²) in [5.41, 5.74) is 2.26. The van der Waals surface area contributed by atoms with Crippen LogP contribution in [0.25, 0.3) is 0 Å². The highest BCUT2D eigenvalue weighted by Crippen LogP contribution is 2.21. The summed E-state index contributed by atoms with van der Waals surface area (Å²) < 4.78 is 15.4. The Morgan fingerprint density at radius 2 is 1.93 bits per heavy atom. The van der Waals surface area contributed by atoms with E-state index in [1.807, 2.05) is 26.0 Å². The maximum atomic E-state index is 11.8. The Labute approximate surface area is 161 Å². The lowest BCUT2D eigenvalue weighted by Gasteiger charge is -2.20. The Morgan fingerprint density at radius 3 is 2.44 bits per heavy atom. The van der Waals surface area contributed by atoms with Crippen molar-refractivity contribution in [2.45, 2.75) is 52.1 Å². The first kappa shape index (κ1) is 25.2. The van der Waals surface area contributed by atoms with Gasteiger partial charge in [0.15, 0.2) is 0 Å². The number of nitrogens with zero attached hydrogens (tertiary/aromatic N) is 1. The summed E-state index contributed by atoms with van der Waals surface area (Å²) in [7, 11) is 2.75. The van der Waals surface area contributed by atoms with E-state index >= 15 is 0 Å². The number of hydrogen-bond donors (Lipinski definition) is 1. The zero-order valence-electron chi connectivity index (χ0n) is 16.8. The van der Waals surface area contributed by atoms with E-state index in [9.17, 15) is 14.9 Å². The van der Waals surface area contributed by atoms with Crippen molar-refractivity contribution in [1.29, 1.82) is 0 Å². The molecule has 0 aliphatic rings. The van der Waals surface area contributed by atoms with Crippen LogP contribution in [0.5, 0.6) is 0 Å². The van der Waals surface area contributed by atoms with Crippen LogP contribution < -0.4 is 0 Å². The van der Waals surface area contributed by atoms with Crippen molar-refractivity contribution in [1.82, 2.24) is 0 Å². The Balaban J connectivity index is 5.09. The summed E-state index contributed by atoms with van der Waals surface area (Å²) in [5, 5.41) is 19.9. The van der Waals surface area contributed by atoms with Crippen LogP contribution >= 0.6 is 0 Å². The van der Waals surface area contributed by atoms with Crippen molar-refractivity contribution in [2.75, 3.05) is 34.2 Å². The van der Waals surface area contributed by atoms with Crippen LogP contribution in [-0.2, 0) is 19.0 Å². The van der Waals surface area contributed by atoms with Gasteiger partial charge in [0.05, 0.1) is 13.2 Å². The van der Waals surface area contributed by atoms with Gasteiger partial charge in [-0.05, 0) is 46.0 Å². The molecule has 0 aliphatic carbocycles. The van der Waals surface area contributed by atoms with Crippen LogP contribution in [-0.4, -0.2) is 56.3 Å². The highest BCUT2D eigenvalue weighted by atomic mass is 16.7. The molecule has 0 saturated heterocycles. The van der Waals surface area contributed by atoms with Crippen LogP contribution in [0.4, 0.5) is 0 Å². The lowest BCUT2D eigenvalue weighted by atomic mass is 9.95. The molecule has 0 spiro atoms. The molecule has 1 unspecified atom stereocenters. The van der Waals surface area contributed by atoms with Crippen LogP contribution in [0.2, 0.25) is 0 Å². The summed E-state index contributed by atoms with van der Waals surface area (Å²) in [6, 6.07) is 0. The number of esters is 1. The molecule has 0 radical (unpaired) electrons. The molecule has 0 aliphatic heterocycles. The SMILES string of the molecule is COCO[C@@H](CCC(C[N+](=O)[O-])C(=O)OC)C/C(=C/C=C(C)C)CCCO. The second-order valence-corrected chi connectivity index (χ2v) is 6.61. The van der Waals surface area contributed by atoms with Gasteiger partial charge in [0.2, 0.25) is 6.54 Å². The minimum absolute atomic E-state index is 0.0960. The minimum atomic E-state index is -0.804. The van der Waals surface area contributed by atoms with E-state index in [-0.39, 0.29) is 25.9 Å². The third-order valence-corrected chi connectivity index (χ3v) is 3.96. The molecule has 0 rings (SSSR count). The van der Waals surface area contributed by atoms with Gasteiger partial charge in [-0.15, -0.1) is 0 Å². The van der Waals surface area contributed by atoms with Gasteiger partial charge in [-0.1, -0.05) is 23.3 Å². The third-order valence-electron chi connectivity index (χ3n) is 3.96. The topological polar surface area (TPSA) is 108 Å². The maximum Gasteiger partial charge on any atom is 0.315 e. The molecular weight excluding hydrogens is 354 g/mol. The lowest BCUT2D eigenvalue weighted by molar-refractivity contribution is -0.486. The number of aliphatic hydroxyl groups is 1. The first-order valence-electron chi connectivity index (χ1n) is 9.07. The Bertz CT molecular complexity index is 498. The van der Waals surface area contributed by atoms with E-state index < -0.39 is 23.4 Å². The summed E-state index contributed by atoms with van der Waals surface area (Å²) in [6.07, 6.45) is 6.49. The van der Waals surface area contributed by atoms with E-state index in [1.54, 1.807) is 0 Å². The van der Waals surface area contributed by atoms with E-state index in [0.29, 0.717) is 19.3 Å². The molecule has 27 heavy (non-hydrogen) atoms. The Morgan fingerprint density at radius 1 is 1.22 bits per heavy atom. The fraction of sp³-hybridized carbons (Fsp3) is 0.737. The molecular formula is C19H33NO7. The lowest BCUT2D eigenvalue weighted by Crippen LogP contribution is -2.26. The zero-order chi connectivity index (χ0) is 20.7. The van der Waals surface area contributed by atoms with Gasteiger partial charge in [0.1, 0.15) is 12.7 Å². The smallest absolute Gasteiger partial charge is 0.315 e. The summed E-state index contributed by atoms with van der Waals surface area (Å²) in [4.78, 5) is 22.1. The number of carbonyl (C=O) groups excluding carboxylic acids is 1. The molecule has 0 aromatic rings. The van der Waals surface area contributed by atoms with Gasteiger partial charge in [0, 0.05) is 18.6 Å². The largest absolute Gasteiger partial charge is 0.469 e. The van der Waals surface area contributed by atoms with Gasteiger partial charge < -0.3 is 19.3 Å². The molecule has 0 saturated carbocycles. The molecule has 0 amide bonds. The monoisotopic (exact) mass is 387 g/mol. The first-order chi connectivity index (χ1) is 12.8. The van der Waals surface area contributed by atoms with Crippen LogP contribution in [0.15, 0.2) is 23.3 Å². The van der Waals surface area contributed by atoms with Crippen molar-refractivity contribution in [3.8, 4) is 0 Å². The second-order valence-electron chi connectivity index (χ2n) is 6.61. The van der Waals surface area contributed by atoms with Crippen LogP contribution in [0.3, 0.4) is 0 Å². The number of hydrogen-bond acceptors (Lipinski definition) is 7. The molecule has 2 atom stereocenters. The third kappa shape index (κ3) is 13.1. The van der Waals surface area contributed by atoms with Gasteiger partial charge in [-0.25, -0.2) is 0 Å². The van der Waals surface area contributed by atoms with Crippen molar-refractivity contribution in [2.24, 2.45) is 5.92 Å². The molecule has 0 bridgehead atoms. The second kappa shape index (κ2) is 15.3. The minimum Gasteiger partial charge on any atom is -0.469 e. The van der Waals surface area contributed by atoms with E-state index in [4.69, 9.17) is 14.6 Å². The van der Waals surface area contributed by atoms with Crippen molar-refractivity contribution < 1.29 is 29.0 Å². The molecule has 1 N–H and O–H groups in total. The van der Waals surface area contributed by atoms with Gasteiger partial charge in [-0.2, -0.15) is 0 Å². The highest BCUT2D eigenvalue weighted by molar-refractivity contribution is 5.72. The number of nitro groups is 1. The van der Waals surface area contributed by atoms with Gasteiger partial charge in [0.25, 0.3) is 0 Å². The molecule has 0 fully saturated rings. The molecule has 0 heterocycles. The van der Waals surface area contributed by atoms with Crippen LogP contribution in [0, 0.1) is 16.0 Å². The molecule has 8 heteroatoms. The predicted molar refractivity (Wildman–Crippen MR) is 102 cm³/mol. The number of methoxy groups -OCH3 is 2. The average molecular weight is 387 g/mol. The molecule has 8 nitrogen and oxygen atoms in total. The number of ether oxygens (including phenoxy) is 3. The fourth-order valence-electron chi connectivity index (χ4n) is 2.56. The summed E-state index contributed by atoms with van der Waals surface area (Å²) in [6.45, 7) is 3.73. The van der Waals surface area contributed by atoms with Crippen molar-refractivity contribution in [3.05, 3.63) is 33.4 Å². The van der Waals surface area contributed by atoms with Gasteiger partial charge in [-0.3, -0.25) is 14.9 Å². The molecule has 156 valence electrons. The number of aliphatic hydroxyl groups excluding tert-OH is 1. The van der Waals surface area contributed by atoms with Crippen molar-refractivity contribution >= 4 is 5.97 Å². The predicted octanol–water partition coefficient (Wildman–Crippen LogP) is 2.88. The van der Waals surface area contributed by atoms with Crippen molar-refractivity contribution in [3.63, 3.8) is 0 Å². The maximum absolute atomic E-state index is 11.8. The number of rotatable bonds is 15. The van der Waals surface area contributed by atoms with E-state index in [2.05, 4.69) is 4.74 Å². The normalized spacial score (nSPS) is 13.7. The summed E-state index contributed by atoms with van der Waals surface area (Å²) >= 11 is 0. The van der Waals surface area contributed by atoms with Gasteiger partial charge >= 0.3 is 5.97 Å². The summed E-state index contributed by atoms with van der Waals surface area (Å²) in [5.74, 6) is -1.39. The number of carbonyl (C=O) groups is 1. The van der Waals surface area contributed by atoms with E-state index in [1.165, 1.54) is 14.2 Å². The fourth-order valence-corrected chi connectivity index (χ4v) is 2.56. The highest BCUT2D eigenvalue weighted by Gasteiger charge is 2.26. The first-order valence-corrected chi connectivity index (χ1v) is 9.07. The Kier molecular flexibility index (Phi) is 14.3. The van der Waals surface area contributed by atoms with Crippen LogP contribution in [0.1, 0.15) is 46.0 Å². The molecule has 0 aromatic heterocycles. The molecule has 0 aromatic carbocycles.